The van der Waals surface area contributed by atoms with Crippen molar-refractivity contribution >= 4 is 5.91 Å². The highest BCUT2D eigenvalue weighted by Crippen LogP contribution is 2.24. The lowest BCUT2D eigenvalue weighted by molar-refractivity contribution is -0.122. The fraction of sp³-hybridized carbons (Fsp3) is 0.455. The lowest BCUT2D eigenvalue weighted by Crippen LogP contribution is -2.32. The first-order valence-corrected chi connectivity index (χ1v) is 4.95. The van der Waals surface area contributed by atoms with Crippen molar-refractivity contribution in [3.63, 3.8) is 0 Å². The molecule has 0 bridgehead atoms. The summed E-state index contributed by atoms with van der Waals surface area (Å²) < 4.78 is 0. The standard InChI is InChI=1S/C11H14N2O/c1-8-2-3-10(7-13-8)9-4-5-12-11(14)6-9/h2-3,7,9H,4-6H2,1H3,(H,12,14). The molecule has 1 unspecified atom stereocenters. The van der Waals surface area contributed by atoms with Crippen molar-refractivity contribution in [3.8, 4) is 0 Å². The molecule has 0 spiro atoms. The molecule has 2 heterocycles. The molecule has 1 saturated heterocycles. The van der Waals surface area contributed by atoms with Gasteiger partial charge in [0.1, 0.15) is 0 Å². The van der Waals surface area contributed by atoms with E-state index in [1.165, 1.54) is 5.56 Å². The van der Waals surface area contributed by atoms with E-state index in [1.807, 2.05) is 19.2 Å². The number of rotatable bonds is 1. The van der Waals surface area contributed by atoms with E-state index in [2.05, 4.69) is 16.4 Å². The van der Waals surface area contributed by atoms with E-state index >= 15 is 0 Å². The lowest BCUT2D eigenvalue weighted by atomic mass is 9.91. The van der Waals surface area contributed by atoms with Gasteiger partial charge in [-0.25, -0.2) is 0 Å². The molecule has 1 N–H and O–H groups in total. The van der Waals surface area contributed by atoms with Crippen LogP contribution in [-0.4, -0.2) is 17.4 Å². The van der Waals surface area contributed by atoms with E-state index < -0.39 is 0 Å². The van der Waals surface area contributed by atoms with Crippen molar-refractivity contribution in [1.82, 2.24) is 10.3 Å². The van der Waals surface area contributed by atoms with Crippen LogP contribution in [0.5, 0.6) is 0 Å². The number of nitrogens with zero attached hydrogens (tertiary/aromatic N) is 1. The minimum atomic E-state index is 0.154. The number of amides is 1. The molecule has 74 valence electrons. The lowest BCUT2D eigenvalue weighted by Gasteiger charge is -2.21. The van der Waals surface area contributed by atoms with Gasteiger partial charge in [0.15, 0.2) is 0 Å². The van der Waals surface area contributed by atoms with Gasteiger partial charge in [0.25, 0.3) is 0 Å². The number of aryl methyl sites for hydroxylation is 1. The molecule has 1 atom stereocenters. The third-order valence-corrected chi connectivity index (χ3v) is 2.65. The zero-order valence-corrected chi connectivity index (χ0v) is 8.29. The molecule has 0 radical (unpaired) electrons. The van der Waals surface area contributed by atoms with Crippen molar-refractivity contribution < 1.29 is 4.79 Å². The van der Waals surface area contributed by atoms with Gasteiger partial charge in [-0.2, -0.15) is 0 Å². The molecule has 0 saturated carbocycles. The van der Waals surface area contributed by atoms with E-state index in [4.69, 9.17) is 0 Å². The van der Waals surface area contributed by atoms with Gasteiger partial charge in [0.05, 0.1) is 0 Å². The van der Waals surface area contributed by atoms with E-state index in [-0.39, 0.29) is 5.91 Å². The molecule has 1 aliphatic rings. The van der Waals surface area contributed by atoms with Crippen molar-refractivity contribution in [3.05, 3.63) is 29.6 Å². The molecular weight excluding hydrogens is 176 g/mol. The van der Waals surface area contributed by atoms with Gasteiger partial charge in [-0.3, -0.25) is 9.78 Å². The number of pyridine rings is 1. The van der Waals surface area contributed by atoms with Gasteiger partial charge in [-0.1, -0.05) is 6.07 Å². The molecular formula is C11H14N2O. The maximum Gasteiger partial charge on any atom is 0.220 e. The quantitative estimate of drug-likeness (QED) is 0.727. The minimum absolute atomic E-state index is 0.154. The molecule has 0 aliphatic carbocycles. The average molecular weight is 190 g/mol. The maximum absolute atomic E-state index is 11.2. The second-order valence-corrected chi connectivity index (χ2v) is 3.77. The average Bonchev–Trinajstić information content (AvgIpc) is 2.19. The summed E-state index contributed by atoms with van der Waals surface area (Å²) in [5, 5.41) is 2.83. The second-order valence-electron chi connectivity index (χ2n) is 3.77. The Bertz CT molecular complexity index is 332. The number of hydrogen-bond acceptors (Lipinski definition) is 2. The Labute approximate surface area is 83.5 Å². The van der Waals surface area contributed by atoms with Gasteiger partial charge >= 0.3 is 0 Å². The van der Waals surface area contributed by atoms with E-state index in [0.717, 1.165) is 18.7 Å². The van der Waals surface area contributed by atoms with Crippen molar-refractivity contribution in [2.24, 2.45) is 0 Å². The van der Waals surface area contributed by atoms with Crippen molar-refractivity contribution in [2.75, 3.05) is 6.54 Å². The molecule has 2 rings (SSSR count). The van der Waals surface area contributed by atoms with Gasteiger partial charge in [0, 0.05) is 24.9 Å². The van der Waals surface area contributed by atoms with E-state index in [0.29, 0.717) is 12.3 Å². The fourth-order valence-electron chi connectivity index (χ4n) is 1.79. The summed E-state index contributed by atoms with van der Waals surface area (Å²) in [6.07, 6.45) is 3.51. The molecule has 1 amide bonds. The van der Waals surface area contributed by atoms with Crippen LogP contribution in [-0.2, 0) is 4.79 Å². The summed E-state index contributed by atoms with van der Waals surface area (Å²) in [6, 6.07) is 4.08. The van der Waals surface area contributed by atoms with E-state index in [1.54, 1.807) is 0 Å². The molecule has 14 heavy (non-hydrogen) atoms. The summed E-state index contributed by atoms with van der Waals surface area (Å²) >= 11 is 0. The highest BCUT2D eigenvalue weighted by atomic mass is 16.1. The normalized spacial score (nSPS) is 21.8. The number of carbonyl (C=O) groups excluding carboxylic acids is 1. The highest BCUT2D eigenvalue weighted by Gasteiger charge is 2.20. The van der Waals surface area contributed by atoms with E-state index in [9.17, 15) is 4.79 Å². The van der Waals surface area contributed by atoms with Crippen LogP contribution >= 0.6 is 0 Å². The Morgan fingerprint density at radius 1 is 1.50 bits per heavy atom. The SMILES string of the molecule is Cc1ccc(C2CCNC(=O)C2)cn1. The Morgan fingerprint density at radius 3 is 3.00 bits per heavy atom. The fourth-order valence-corrected chi connectivity index (χ4v) is 1.79. The third-order valence-electron chi connectivity index (χ3n) is 2.65. The largest absolute Gasteiger partial charge is 0.356 e. The molecule has 1 aromatic heterocycles. The van der Waals surface area contributed by atoms with Crippen LogP contribution in [0.15, 0.2) is 18.3 Å². The summed E-state index contributed by atoms with van der Waals surface area (Å²) in [4.78, 5) is 15.4. The zero-order valence-electron chi connectivity index (χ0n) is 8.29. The Balaban J connectivity index is 2.14. The minimum Gasteiger partial charge on any atom is -0.356 e. The molecule has 3 nitrogen and oxygen atoms in total. The summed E-state index contributed by atoms with van der Waals surface area (Å²) in [7, 11) is 0. The first kappa shape index (κ1) is 9.19. The van der Waals surface area contributed by atoms with Crippen molar-refractivity contribution in [2.45, 2.75) is 25.7 Å². The smallest absolute Gasteiger partial charge is 0.220 e. The molecule has 1 aliphatic heterocycles. The van der Waals surface area contributed by atoms with Crippen LogP contribution in [0.3, 0.4) is 0 Å². The van der Waals surface area contributed by atoms with Gasteiger partial charge in [0.2, 0.25) is 5.91 Å². The second kappa shape index (κ2) is 3.78. The molecule has 1 fully saturated rings. The Morgan fingerprint density at radius 2 is 2.36 bits per heavy atom. The number of piperidine rings is 1. The third kappa shape index (κ3) is 1.92. The van der Waals surface area contributed by atoms with Crippen LogP contribution in [0.1, 0.15) is 30.0 Å². The summed E-state index contributed by atoms with van der Waals surface area (Å²) in [6.45, 7) is 2.76. The number of carbonyl (C=O) groups is 1. The van der Waals surface area contributed by atoms with Gasteiger partial charge in [-0.15, -0.1) is 0 Å². The summed E-state index contributed by atoms with van der Waals surface area (Å²) in [5.41, 5.74) is 2.21. The molecule has 1 aromatic rings. The van der Waals surface area contributed by atoms with Gasteiger partial charge < -0.3 is 5.32 Å². The zero-order chi connectivity index (χ0) is 9.97. The van der Waals surface area contributed by atoms with Crippen LogP contribution < -0.4 is 5.32 Å². The number of hydrogen-bond donors (Lipinski definition) is 1. The Kier molecular flexibility index (Phi) is 2.48. The topological polar surface area (TPSA) is 42.0 Å². The number of aromatic nitrogens is 1. The monoisotopic (exact) mass is 190 g/mol. The first-order chi connectivity index (χ1) is 6.75. The predicted molar refractivity (Wildman–Crippen MR) is 54.0 cm³/mol. The van der Waals surface area contributed by atoms with Crippen LogP contribution in [0.4, 0.5) is 0 Å². The Hall–Kier alpha value is -1.38. The molecule has 3 heteroatoms. The predicted octanol–water partition coefficient (Wildman–Crippen LogP) is 1.38. The van der Waals surface area contributed by atoms with Crippen molar-refractivity contribution in [1.29, 1.82) is 0 Å². The summed E-state index contributed by atoms with van der Waals surface area (Å²) in [5.74, 6) is 0.513. The maximum atomic E-state index is 11.2. The van der Waals surface area contributed by atoms with Crippen LogP contribution in [0.25, 0.3) is 0 Å². The highest BCUT2D eigenvalue weighted by molar-refractivity contribution is 5.77. The van der Waals surface area contributed by atoms with Crippen LogP contribution in [0.2, 0.25) is 0 Å². The first-order valence-electron chi connectivity index (χ1n) is 4.95. The molecule has 0 aromatic carbocycles. The van der Waals surface area contributed by atoms with Gasteiger partial charge in [-0.05, 0) is 30.9 Å². The number of nitrogens with one attached hydrogen (secondary N) is 1. The van der Waals surface area contributed by atoms with Crippen LogP contribution in [0, 0.1) is 6.92 Å².